The van der Waals surface area contributed by atoms with Gasteiger partial charge in [-0.1, -0.05) is 48.5 Å². The standard InChI is InChI=1S/C20H17ClFN5OS/c1-2-9-27-16-6-4-3-5-13(16)18-19(27)24-20(26-25-18)29-11-17(28)23-15-8-7-12(21)10-14(15)22/h3-8,10H,2,9,11H2,1H3,(H,23,28). The Bertz CT molecular complexity index is 1210. The third kappa shape index (κ3) is 4.04. The quantitative estimate of drug-likeness (QED) is 0.441. The van der Waals surface area contributed by atoms with Gasteiger partial charge in [0, 0.05) is 17.0 Å². The van der Waals surface area contributed by atoms with Gasteiger partial charge in [-0.25, -0.2) is 9.37 Å². The van der Waals surface area contributed by atoms with Gasteiger partial charge in [0.15, 0.2) is 5.65 Å². The SMILES string of the molecule is CCCn1c2ccccc2c2nnc(SCC(=O)Nc3ccc(Cl)cc3F)nc21. The predicted molar refractivity (Wildman–Crippen MR) is 114 cm³/mol. The van der Waals surface area contributed by atoms with Crippen molar-refractivity contribution in [2.45, 2.75) is 25.0 Å². The van der Waals surface area contributed by atoms with Gasteiger partial charge in [-0.15, -0.1) is 10.2 Å². The van der Waals surface area contributed by atoms with Gasteiger partial charge in [-0.05, 0) is 30.7 Å². The van der Waals surface area contributed by atoms with E-state index in [1.54, 1.807) is 0 Å². The van der Waals surface area contributed by atoms with Crippen LogP contribution >= 0.6 is 23.4 Å². The van der Waals surface area contributed by atoms with Crippen molar-refractivity contribution in [2.24, 2.45) is 0 Å². The van der Waals surface area contributed by atoms with Crippen molar-refractivity contribution in [3.8, 4) is 0 Å². The molecule has 148 valence electrons. The number of aryl methyl sites for hydroxylation is 1. The van der Waals surface area contributed by atoms with E-state index in [4.69, 9.17) is 11.6 Å². The molecule has 0 aliphatic carbocycles. The topological polar surface area (TPSA) is 72.7 Å². The van der Waals surface area contributed by atoms with Gasteiger partial charge >= 0.3 is 0 Å². The zero-order valence-corrected chi connectivity index (χ0v) is 17.1. The molecule has 0 bridgehead atoms. The van der Waals surface area contributed by atoms with Crippen LogP contribution in [-0.2, 0) is 11.3 Å². The Hall–Kier alpha value is -2.71. The van der Waals surface area contributed by atoms with Crippen LogP contribution in [0.15, 0.2) is 47.6 Å². The lowest BCUT2D eigenvalue weighted by molar-refractivity contribution is -0.113. The molecular weight excluding hydrogens is 413 g/mol. The Labute approximate surface area is 175 Å². The fourth-order valence-corrected chi connectivity index (χ4v) is 3.85. The molecular formula is C20H17ClFN5OS. The van der Waals surface area contributed by atoms with Crippen LogP contribution in [0.1, 0.15) is 13.3 Å². The number of amides is 1. The number of rotatable bonds is 6. The van der Waals surface area contributed by atoms with Crippen molar-refractivity contribution in [1.82, 2.24) is 19.7 Å². The van der Waals surface area contributed by atoms with Crippen molar-refractivity contribution >= 4 is 57.0 Å². The van der Waals surface area contributed by atoms with Crippen LogP contribution in [0.3, 0.4) is 0 Å². The molecule has 1 N–H and O–H groups in total. The Kier molecular flexibility index (Phi) is 5.64. The summed E-state index contributed by atoms with van der Waals surface area (Å²) >= 11 is 6.87. The Morgan fingerprint density at radius 3 is 2.86 bits per heavy atom. The van der Waals surface area contributed by atoms with Gasteiger partial charge in [-0.3, -0.25) is 4.79 Å². The number of hydrogen-bond acceptors (Lipinski definition) is 5. The number of hydrogen-bond donors (Lipinski definition) is 1. The van der Waals surface area contributed by atoms with E-state index in [0.29, 0.717) is 5.16 Å². The average molecular weight is 430 g/mol. The monoisotopic (exact) mass is 429 g/mol. The van der Waals surface area contributed by atoms with E-state index in [1.165, 1.54) is 12.1 Å². The fourth-order valence-electron chi connectivity index (χ4n) is 3.11. The molecule has 9 heteroatoms. The first-order valence-corrected chi connectivity index (χ1v) is 10.4. The minimum atomic E-state index is -0.584. The number of nitrogens with zero attached hydrogens (tertiary/aromatic N) is 4. The maximum absolute atomic E-state index is 13.8. The summed E-state index contributed by atoms with van der Waals surface area (Å²) in [6.07, 6.45) is 0.954. The summed E-state index contributed by atoms with van der Waals surface area (Å²) in [7, 11) is 0. The van der Waals surface area contributed by atoms with E-state index in [-0.39, 0.29) is 22.4 Å². The number of halogens is 2. The first kappa shape index (κ1) is 19.6. The van der Waals surface area contributed by atoms with Crippen molar-refractivity contribution < 1.29 is 9.18 Å². The predicted octanol–water partition coefficient (Wildman–Crippen LogP) is 4.91. The third-order valence-corrected chi connectivity index (χ3v) is 5.41. The maximum atomic E-state index is 13.8. The second kappa shape index (κ2) is 8.34. The summed E-state index contributed by atoms with van der Waals surface area (Å²) < 4.78 is 15.9. The highest BCUT2D eigenvalue weighted by atomic mass is 35.5. The van der Waals surface area contributed by atoms with Crippen LogP contribution in [0.5, 0.6) is 0 Å². The normalized spacial score (nSPS) is 11.3. The molecule has 0 unspecified atom stereocenters. The molecule has 0 fully saturated rings. The molecule has 4 aromatic rings. The number of benzene rings is 2. The summed E-state index contributed by atoms with van der Waals surface area (Å²) in [5, 5.41) is 12.7. The number of anilines is 1. The van der Waals surface area contributed by atoms with Crippen molar-refractivity contribution in [1.29, 1.82) is 0 Å². The molecule has 2 heterocycles. The number of para-hydroxylation sites is 1. The molecule has 0 saturated heterocycles. The number of aromatic nitrogens is 4. The van der Waals surface area contributed by atoms with E-state index in [1.807, 2.05) is 24.3 Å². The van der Waals surface area contributed by atoms with E-state index in [9.17, 15) is 9.18 Å². The second-order valence-electron chi connectivity index (χ2n) is 6.40. The highest BCUT2D eigenvalue weighted by molar-refractivity contribution is 7.99. The van der Waals surface area contributed by atoms with E-state index >= 15 is 0 Å². The Morgan fingerprint density at radius 1 is 1.24 bits per heavy atom. The van der Waals surface area contributed by atoms with Gasteiger partial charge < -0.3 is 9.88 Å². The molecule has 4 rings (SSSR count). The molecule has 1 amide bonds. The number of carbonyl (C=O) groups is 1. The number of fused-ring (bicyclic) bond motifs is 3. The molecule has 0 spiro atoms. The second-order valence-corrected chi connectivity index (χ2v) is 7.78. The molecule has 0 aliphatic heterocycles. The number of thioether (sulfide) groups is 1. The van der Waals surface area contributed by atoms with Crippen LogP contribution in [0.4, 0.5) is 10.1 Å². The molecule has 6 nitrogen and oxygen atoms in total. The lowest BCUT2D eigenvalue weighted by atomic mass is 10.2. The summed E-state index contributed by atoms with van der Waals surface area (Å²) in [5.74, 6) is -0.920. The zero-order valence-electron chi connectivity index (χ0n) is 15.5. The lowest BCUT2D eigenvalue weighted by Crippen LogP contribution is -2.15. The highest BCUT2D eigenvalue weighted by Crippen LogP contribution is 2.27. The van der Waals surface area contributed by atoms with Crippen molar-refractivity contribution in [3.63, 3.8) is 0 Å². The van der Waals surface area contributed by atoms with Crippen LogP contribution in [0, 0.1) is 5.82 Å². The summed E-state index contributed by atoms with van der Waals surface area (Å²) in [5.41, 5.74) is 2.63. The molecule has 0 aliphatic rings. The first-order chi connectivity index (χ1) is 14.1. The van der Waals surface area contributed by atoms with E-state index in [2.05, 4.69) is 32.0 Å². The Balaban J connectivity index is 1.54. The molecule has 2 aromatic heterocycles. The molecule has 2 aromatic carbocycles. The minimum absolute atomic E-state index is 0.0310. The van der Waals surface area contributed by atoms with Gasteiger partial charge in [0.25, 0.3) is 0 Å². The molecule has 0 atom stereocenters. The summed E-state index contributed by atoms with van der Waals surface area (Å²) in [6.45, 7) is 2.91. The zero-order chi connectivity index (χ0) is 20.4. The summed E-state index contributed by atoms with van der Waals surface area (Å²) in [6, 6.07) is 12.1. The van der Waals surface area contributed by atoms with Gasteiger partial charge in [0.05, 0.1) is 17.0 Å². The molecule has 29 heavy (non-hydrogen) atoms. The maximum Gasteiger partial charge on any atom is 0.234 e. The third-order valence-electron chi connectivity index (χ3n) is 4.34. The van der Waals surface area contributed by atoms with Gasteiger partial charge in [-0.2, -0.15) is 0 Å². The average Bonchev–Trinajstić information content (AvgIpc) is 3.02. The van der Waals surface area contributed by atoms with E-state index in [0.717, 1.165) is 52.9 Å². The number of carbonyl (C=O) groups excluding carboxylic acids is 1. The summed E-state index contributed by atoms with van der Waals surface area (Å²) in [4.78, 5) is 16.8. The van der Waals surface area contributed by atoms with Crippen LogP contribution in [-0.4, -0.2) is 31.4 Å². The van der Waals surface area contributed by atoms with Crippen LogP contribution < -0.4 is 5.32 Å². The van der Waals surface area contributed by atoms with Crippen LogP contribution in [0.2, 0.25) is 5.02 Å². The van der Waals surface area contributed by atoms with Gasteiger partial charge in [0.1, 0.15) is 11.3 Å². The minimum Gasteiger partial charge on any atom is -0.324 e. The number of nitrogens with one attached hydrogen (secondary N) is 1. The largest absolute Gasteiger partial charge is 0.324 e. The lowest BCUT2D eigenvalue weighted by Gasteiger charge is -2.06. The molecule has 0 saturated carbocycles. The van der Waals surface area contributed by atoms with Gasteiger partial charge in [0.2, 0.25) is 11.1 Å². The van der Waals surface area contributed by atoms with Crippen LogP contribution in [0.25, 0.3) is 22.1 Å². The first-order valence-electron chi connectivity index (χ1n) is 9.06. The fraction of sp³-hybridized carbons (Fsp3) is 0.200. The Morgan fingerprint density at radius 2 is 2.07 bits per heavy atom. The molecule has 0 radical (unpaired) electrons. The van der Waals surface area contributed by atoms with Crippen molar-refractivity contribution in [3.05, 3.63) is 53.3 Å². The van der Waals surface area contributed by atoms with Crippen molar-refractivity contribution in [2.75, 3.05) is 11.1 Å². The van der Waals surface area contributed by atoms with E-state index < -0.39 is 5.82 Å². The smallest absolute Gasteiger partial charge is 0.234 e. The highest BCUT2D eigenvalue weighted by Gasteiger charge is 2.15.